The SMILES string of the molecule is C=C1/C=C\C=C(\Cl)Cc2cc3c(cc2C1(C)C)-c1cc2c(cc1C3(C)C)CC=CC=C2. The van der Waals surface area contributed by atoms with Crippen molar-refractivity contribution in [3.63, 3.8) is 0 Å². The molecule has 0 spiro atoms. The van der Waals surface area contributed by atoms with Gasteiger partial charge in [0.15, 0.2) is 0 Å². The van der Waals surface area contributed by atoms with Crippen molar-refractivity contribution in [3.05, 3.63) is 111 Å². The highest BCUT2D eigenvalue weighted by atomic mass is 35.5. The van der Waals surface area contributed by atoms with Crippen LogP contribution in [0.25, 0.3) is 17.2 Å². The Morgan fingerprint density at radius 2 is 1.48 bits per heavy atom. The lowest BCUT2D eigenvalue weighted by Gasteiger charge is -2.31. The Labute approximate surface area is 191 Å². The second kappa shape index (κ2) is 6.97. The molecule has 0 N–H and O–H groups in total. The molecule has 2 aromatic carbocycles. The van der Waals surface area contributed by atoms with Gasteiger partial charge >= 0.3 is 0 Å². The summed E-state index contributed by atoms with van der Waals surface area (Å²) in [7, 11) is 0. The van der Waals surface area contributed by atoms with Crippen molar-refractivity contribution < 1.29 is 0 Å². The summed E-state index contributed by atoms with van der Waals surface area (Å²) in [6.07, 6.45) is 16.6. The summed E-state index contributed by atoms with van der Waals surface area (Å²) in [5, 5.41) is 0.861. The molecule has 31 heavy (non-hydrogen) atoms. The molecule has 0 saturated carbocycles. The quantitative estimate of drug-likeness (QED) is 0.399. The zero-order valence-corrected chi connectivity index (χ0v) is 19.6. The summed E-state index contributed by atoms with van der Waals surface area (Å²) < 4.78 is 0. The lowest BCUT2D eigenvalue weighted by Crippen LogP contribution is -2.22. The molecule has 0 heterocycles. The highest BCUT2D eigenvalue weighted by Gasteiger charge is 2.38. The van der Waals surface area contributed by atoms with Crippen LogP contribution in [-0.2, 0) is 23.7 Å². The van der Waals surface area contributed by atoms with Gasteiger partial charge in [-0.15, -0.1) is 0 Å². The largest absolute Gasteiger partial charge is 0.0949 e. The first-order valence-electron chi connectivity index (χ1n) is 11.1. The maximum Gasteiger partial charge on any atom is 0.0224 e. The van der Waals surface area contributed by atoms with Crippen LogP contribution in [0.5, 0.6) is 0 Å². The number of fused-ring (bicyclic) bond motifs is 5. The van der Waals surface area contributed by atoms with Crippen LogP contribution in [0.2, 0.25) is 0 Å². The Bertz CT molecular complexity index is 1240. The minimum atomic E-state index is -0.168. The number of hydrogen-bond acceptors (Lipinski definition) is 0. The van der Waals surface area contributed by atoms with E-state index in [2.05, 4.69) is 88.9 Å². The summed E-state index contributed by atoms with van der Waals surface area (Å²) in [5.74, 6) is 0. The van der Waals surface area contributed by atoms with E-state index >= 15 is 0 Å². The molecule has 5 rings (SSSR count). The van der Waals surface area contributed by atoms with Gasteiger partial charge in [-0.1, -0.05) is 94.5 Å². The maximum atomic E-state index is 6.61. The molecule has 156 valence electrons. The lowest BCUT2D eigenvalue weighted by atomic mass is 9.73. The first-order valence-corrected chi connectivity index (χ1v) is 11.5. The molecule has 0 nitrogen and oxygen atoms in total. The van der Waals surface area contributed by atoms with Crippen molar-refractivity contribution >= 4 is 17.7 Å². The molecule has 1 heteroatoms. The fourth-order valence-corrected chi connectivity index (χ4v) is 5.53. The smallest absolute Gasteiger partial charge is 0.0224 e. The van der Waals surface area contributed by atoms with Crippen LogP contribution in [0.3, 0.4) is 0 Å². The zero-order chi connectivity index (χ0) is 22.0. The second-order valence-electron chi connectivity index (χ2n) is 10.1. The van der Waals surface area contributed by atoms with E-state index in [1.165, 1.54) is 44.5 Å². The monoisotopic (exact) mass is 424 g/mol. The van der Waals surface area contributed by atoms with Crippen molar-refractivity contribution in [1.82, 2.24) is 0 Å². The molecule has 2 aromatic rings. The lowest BCUT2D eigenvalue weighted by molar-refractivity contribution is 0.629. The van der Waals surface area contributed by atoms with Gasteiger partial charge in [-0.3, -0.25) is 0 Å². The van der Waals surface area contributed by atoms with Gasteiger partial charge in [-0.05, 0) is 74.7 Å². The molecule has 0 atom stereocenters. The third kappa shape index (κ3) is 3.12. The first kappa shape index (κ1) is 20.3. The summed E-state index contributed by atoms with van der Waals surface area (Å²) in [5.41, 5.74) is 11.8. The molecular weight excluding hydrogens is 396 g/mol. The first-order chi connectivity index (χ1) is 14.7. The van der Waals surface area contributed by atoms with E-state index in [1.807, 2.05) is 12.2 Å². The highest BCUT2D eigenvalue weighted by Crippen LogP contribution is 2.52. The van der Waals surface area contributed by atoms with Crippen molar-refractivity contribution in [1.29, 1.82) is 0 Å². The average Bonchev–Trinajstić information content (AvgIpc) is 2.86. The molecule has 0 radical (unpaired) electrons. The summed E-state index contributed by atoms with van der Waals surface area (Å²) in [6, 6.07) is 9.69. The Hall–Kier alpha value is -2.57. The normalized spacial score (nSPS) is 22.6. The summed E-state index contributed by atoms with van der Waals surface area (Å²) in [6.45, 7) is 13.7. The molecule has 0 unspecified atom stereocenters. The third-order valence-corrected chi connectivity index (χ3v) is 7.69. The highest BCUT2D eigenvalue weighted by molar-refractivity contribution is 6.29. The Balaban J connectivity index is 1.79. The molecule has 0 aromatic heterocycles. The van der Waals surface area contributed by atoms with Crippen molar-refractivity contribution in [2.75, 3.05) is 0 Å². The van der Waals surface area contributed by atoms with Gasteiger partial charge in [-0.25, -0.2) is 0 Å². The predicted molar refractivity (Wildman–Crippen MR) is 135 cm³/mol. The van der Waals surface area contributed by atoms with Crippen LogP contribution in [0.1, 0.15) is 61.1 Å². The molecular formula is C30H29Cl. The van der Waals surface area contributed by atoms with Gasteiger partial charge in [0.25, 0.3) is 0 Å². The standard InChI is InChI=1S/C30H29Cl/c1-19-10-9-13-23(31)14-22-17-28-25(18-26(22)29(19,2)3)24-15-20-11-7-6-8-12-21(20)16-27(24)30(28,4)5/h6-11,13,15-18H,1,12,14H2,2-5H3/b10-9-,23-13+. The third-order valence-electron chi connectivity index (χ3n) is 7.43. The summed E-state index contributed by atoms with van der Waals surface area (Å²) >= 11 is 6.61. The fourth-order valence-electron chi connectivity index (χ4n) is 5.31. The van der Waals surface area contributed by atoms with Crippen LogP contribution < -0.4 is 0 Å². The fraction of sp³-hybridized carbons (Fsp3) is 0.267. The van der Waals surface area contributed by atoms with E-state index in [-0.39, 0.29) is 10.8 Å². The molecule has 0 aliphatic heterocycles. The predicted octanol–water partition coefficient (Wildman–Crippen LogP) is 8.19. The van der Waals surface area contributed by atoms with Crippen LogP contribution >= 0.6 is 11.6 Å². The van der Waals surface area contributed by atoms with Crippen LogP contribution in [0.4, 0.5) is 0 Å². The van der Waals surface area contributed by atoms with Crippen LogP contribution in [-0.4, -0.2) is 0 Å². The zero-order valence-electron chi connectivity index (χ0n) is 18.9. The van der Waals surface area contributed by atoms with Gasteiger partial charge in [-0.2, -0.15) is 0 Å². The minimum Gasteiger partial charge on any atom is -0.0949 e. The molecule has 0 saturated heterocycles. The van der Waals surface area contributed by atoms with Crippen molar-refractivity contribution in [3.8, 4) is 11.1 Å². The number of halogens is 1. The molecule has 3 aliphatic rings. The number of allylic oxidation sites excluding steroid dienone is 8. The number of benzene rings is 2. The topological polar surface area (TPSA) is 0 Å². The summed E-state index contributed by atoms with van der Waals surface area (Å²) in [4.78, 5) is 0. The van der Waals surface area contributed by atoms with Gasteiger partial charge in [0, 0.05) is 22.3 Å². The van der Waals surface area contributed by atoms with E-state index in [0.717, 1.165) is 23.4 Å². The average molecular weight is 425 g/mol. The van der Waals surface area contributed by atoms with Gasteiger partial charge in [0.1, 0.15) is 0 Å². The van der Waals surface area contributed by atoms with E-state index in [4.69, 9.17) is 11.6 Å². The van der Waals surface area contributed by atoms with Gasteiger partial charge < -0.3 is 0 Å². The van der Waals surface area contributed by atoms with Crippen molar-refractivity contribution in [2.45, 2.75) is 51.4 Å². The second-order valence-corrected chi connectivity index (χ2v) is 10.6. The Morgan fingerprint density at radius 3 is 2.26 bits per heavy atom. The maximum absolute atomic E-state index is 6.61. The number of hydrogen-bond donors (Lipinski definition) is 0. The molecule has 3 aliphatic carbocycles. The van der Waals surface area contributed by atoms with Crippen molar-refractivity contribution in [2.24, 2.45) is 0 Å². The van der Waals surface area contributed by atoms with Gasteiger partial charge in [0.2, 0.25) is 0 Å². The van der Waals surface area contributed by atoms with Crippen LogP contribution in [0.15, 0.2) is 77.9 Å². The molecule has 0 amide bonds. The van der Waals surface area contributed by atoms with E-state index in [0.29, 0.717) is 0 Å². The van der Waals surface area contributed by atoms with E-state index in [9.17, 15) is 0 Å². The minimum absolute atomic E-state index is 0.0392. The van der Waals surface area contributed by atoms with Gasteiger partial charge in [0.05, 0.1) is 0 Å². The molecule has 0 fully saturated rings. The van der Waals surface area contributed by atoms with E-state index in [1.54, 1.807) is 0 Å². The van der Waals surface area contributed by atoms with E-state index < -0.39 is 0 Å². The Morgan fingerprint density at radius 1 is 0.774 bits per heavy atom. The molecule has 0 bridgehead atoms. The number of rotatable bonds is 0. The van der Waals surface area contributed by atoms with Crippen LogP contribution in [0, 0.1) is 0 Å². The Kier molecular flexibility index (Phi) is 4.57.